The fourth-order valence-electron chi connectivity index (χ4n) is 3.46. The van der Waals surface area contributed by atoms with Crippen molar-refractivity contribution in [1.82, 2.24) is 5.32 Å². The number of fused-ring (bicyclic) bond motifs is 1. The third kappa shape index (κ3) is 5.60. The van der Waals surface area contributed by atoms with Crippen LogP contribution >= 0.6 is 44.1 Å². The van der Waals surface area contributed by atoms with Gasteiger partial charge in [-0.25, -0.2) is 8.42 Å². The summed E-state index contributed by atoms with van der Waals surface area (Å²) >= 11 is 11.9. The number of thiocarbonyl (C=S) groups is 1. The molecule has 1 heterocycles. The highest BCUT2D eigenvalue weighted by Crippen LogP contribution is 2.33. The zero-order valence-electron chi connectivity index (χ0n) is 17.6. The van der Waals surface area contributed by atoms with E-state index in [9.17, 15) is 13.2 Å². The molecule has 4 rings (SSSR count). The molecule has 0 bridgehead atoms. The Bertz CT molecular complexity index is 1350. The summed E-state index contributed by atoms with van der Waals surface area (Å²) < 4.78 is 34.7. The fraction of sp³-hybridized carbons (Fsp3) is 0.130. The Labute approximate surface area is 219 Å². The van der Waals surface area contributed by atoms with Gasteiger partial charge in [-0.3, -0.25) is 14.4 Å². The predicted octanol–water partition coefficient (Wildman–Crippen LogP) is 4.86. The van der Waals surface area contributed by atoms with Crippen LogP contribution in [-0.2, 0) is 21.2 Å². The normalized spacial score (nSPS) is 12.7. The van der Waals surface area contributed by atoms with Crippen LogP contribution in [0.4, 0.5) is 11.4 Å². The molecule has 176 valence electrons. The van der Waals surface area contributed by atoms with Crippen molar-refractivity contribution in [3.63, 3.8) is 0 Å². The predicted molar refractivity (Wildman–Crippen MR) is 143 cm³/mol. The maximum Gasteiger partial charge on any atom is 0.264 e. The van der Waals surface area contributed by atoms with Gasteiger partial charge in [0.2, 0.25) is 0 Å². The van der Waals surface area contributed by atoms with E-state index in [4.69, 9.17) is 17.0 Å². The smallest absolute Gasteiger partial charge is 0.264 e. The Morgan fingerprint density at radius 1 is 1.06 bits per heavy atom. The van der Waals surface area contributed by atoms with Crippen molar-refractivity contribution in [2.75, 3.05) is 22.8 Å². The van der Waals surface area contributed by atoms with Crippen LogP contribution in [-0.4, -0.2) is 32.6 Å². The summed E-state index contributed by atoms with van der Waals surface area (Å²) in [6.45, 7) is 0.188. The lowest BCUT2D eigenvalue weighted by molar-refractivity contribution is -0.121. The van der Waals surface area contributed by atoms with Crippen LogP contribution < -0.4 is 19.7 Å². The van der Waals surface area contributed by atoms with Crippen molar-refractivity contribution in [1.29, 1.82) is 0 Å². The van der Waals surface area contributed by atoms with Crippen molar-refractivity contribution in [2.24, 2.45) is 0 Å². The topological polar surface area (TPSA) is 87.7 Å². The summed E-state index contributed by atoms with van der Waals surface area (Å²) in [4.78, 5) is 12.3. The van der Waals surface area contributed by atoms with Gasteiger partial charge in [0.05, 0.1) is 15.1 Å². The number of ether oxygens (including phenoxy) is 1. The average Bonchev–Trinajstić information content (AvgIpc) is 3.24. The molecule has 0 fully saturated rings. The monoisotopic (exact) mass is 623 g/mol. The Morgan fingerprint density at radius 2 is 1.79 bits per heavy atom. The molecule has 0 aromatic heterocycles. The molecular weight excluding hydrogens is 606 g/mol. The van der Waals surface area contributed by atoms with E-state index in [0.29, 0.717) is 34.6 Å². The van der Waals surface area contributed by atoms with Crippen molar-refractivity contribution in [2.45, 2.75) is 11.3 Å². The standard InChI is InChI=1S/C23H19Br2N3O4S2/c24-16-5-10-21(19(25)13-16)32-14-22(29)27-23(33)26-17-6-8-18(9-7-17)34(30,31)28-12-11-15-3-1-2-4-20(15)28/h1-10,13H,11-12,14H2,(H2,26,27,29,33). The third-order valence-electron chi connectivity index (χ3n) is 5.05. The van der Waals surface area contributed by atoms with Crippen molar-refractivity contribution < 1.29 is 17.9 Å². The first-order valence-electron chi connectivity index (χ1n) is 10.1. The van der Waals surface area contributed by atoms with Gasteiger partial charge in [0.15, 0.2) is 11.7 Å². The van der Waals surface area contributed by atoms with Crippen molar-refractivity contribution >= 4 is 76.5 Å². The Kier molecular flexibility index (Phi) is 7.56. The molecule has 2 N–H and O–H groups in total. The van der Waals surface area contributed by atoms with Crippen molar-refractivity contribution in [3.05, 3.63) is 81.2 Å². The SMILES string of the molecule is O=C(COc1ccc(Br)cc1Br)NC(=S)Nc1ccc(S(=O)(=O)N2CCc3ccccc32)cc1. The maximum atomic E-state index is 13.1. The summed E-state index contributed by atoms with van der Waals surface area (Å²) in [7, 11) is -3.68. The van der Waals surface area contributed by atoms with Gasteiger partial charge < -0.3 is 10.1 Å². The number of anilines is 2. The van der Waals surface area contributed by atoms with Gasteiger partial charge in [0.1, 0.15) is 5.75 Å². The number of sulfonamides is 1. The molecular formula is C23H19Br2N3O4S2. The third-order valence-corrected chi connectivity index (χ3v) is 8.19. The Morgan fingerprint density at radius 3 is 2.53 bits per heavy atom. The van der Waals surface area contributed by atoms with Gasteiger partial charge in [-0.15, -0.1) is 0 Å². The van der Waals surface area contributed by atoms with Gasteiger partial charge in [-0.1, -0.05) is 34.1 Å². The molecule has 3 aromatic rings. The van der Waals surface area contributed by atoms with Crippen LogP contribution in [0.5, 0.6) is 5.75 Å². The highest BCUT2D eigenvalue weighted by atomic mass is 79.9. The highest BCUT2D eigenvalue weighted by Gasteiger charge is 2.30. The van der Waals surface area contributed by atoms with Crippen LogP contribution in [0.1, 0.15) is 5.56 Å². The summed E-state index contributed by atoms with van der Waals surface area (Å²) in [5, 5.41) is 5.49. The molecule has 11 heteroatoms. The number of carbonyl (C=O) groups excluding carboxylic acids is 1. The number of hydrogen-bond donors (Lipinski definition) is 2. The first kappa shape index (κ1) is 24.6. The number of hydrogen-bond acceptors (Lipinski definition) is 5. The van der Waals surface area contributed by atoms with Gasteiger partial charge in [0, 0.05) is 16.7 Å². The summed E-state index contributed by atoms with van der Waals surface area (Å²) in [5.41, 5.74) is 2.27. The van der Waals surface area contributed by atoms with E-state index in [0.717, 1.165) is 10.0 Å². The second kappa shape index (κ2) is 10.4. The summed E-state index contributed by atoms with van der Waals surface area (Å²) in [6, 6.07) is 19.1. The van der Waals surface area contributed by atoms with E-state index in [1.54, 1.807) is 24.3 Å². The minimum absolute atomic E-state index is 0.0764. The molecule has 0 aliphatic carbocycles. The number of halogens is 2. The highest BCUT2D eigenvalue weighted by molar-refractivity contribution is 9.11. The van der Waals surface area contributed by atoms with Crippen LogP contribution in [0.3, 0.4) is 0 Å². The molecule has 0 spiro atoms. The largest absolute Gasteiger partial charge is 0.483 e. The molecule has 1 amide bonds. The van der Waals surface area contributed by atoms with Crippen LogP contribution in [0.15, 0.2) is 80.6 Å². The molecule has 0 saturated heterocycles. The number of para-hydroxylation sites is 1. The van der Waals surface area contributed by atoms with E-state index in [1.165, 1.54) is 16.4 Å². The van der Waals surface area contributed by atoms with E-state index < -0.39 is 15.9 Å². The average molecular weight is 625 g/mol. The van der Waals surface area contributed by atoms with E-state index in [2.05, 4.69) is 42.5 Å². The van der Waals surface area contributed by atoms with E-state index in [-0.39, 0.29) is 16.6 Å². The molecule has 7 nitrogen and oxygen atoms in total. The lowest BCUT2D eigenvalue weighted by Crippen LogP contribution is -2.37. The van der Waals surface area contributed by atoms with Gasteiger partial charge in [0.25, 0.3) is 15.9 Å². The molecule has 1 aliphatic rings. The molecule has 1 aliphatic heterocycles. The first-order valence-corrected chi connectivity index (χ1v) is 13.6. The van der Waals surface area contributed by atoms with Gasteiger partial charge in [-0.05, 0) is 88.7 Å². The number of nitrogens with zero attached hydrogens (tertiary/aromatic N) is 1. The van der Waals surface area contributed by atoms with Gasteiger partial charge in [-0.2, -0.15) is 0 Å². The lowest BCUT2D eigenvalue weighted by Gasteiger charge is -2.19. The van der Waals surface area contributed by atoms with Crippen LogP contribution in [0, 0.1) is 0 Å². The first-order chi connectivity index (χ1) is 16.2. The second-order valence-electron chi connectivity index (χ2n) is 7.35. The number of benzene rings is 3. The molecule has 34 heavy (non-hydrogen) atoms. The lowest BCUT2D eigenvalue weighted by atomic mass is 10.2. The fourth-order valence-corrected chi connectivity index (χ4v) is 6.35. The number of amides is 1. The van der Waals surface area contributed by atoms with Crippen LogP contribution in [0.25, 0.3) is 0 Å². The molecule has 0 saturated carbocycles. The minimum atomic E-state index is -3.68. The number of carbonyl (C=O) groups is 1. The second-order valence-corrected chi connectivity index (χ2v) is 11.4. The number of nitrogens with one attached hydrogen (secondary N) is 2. The maximum absolute atomic E-state index is 13.1. The molecule has 0 radical (unpaired) electrons. The van der Waals surface area contributed by atoms with Crippen LogP contribution in [0.2, 0.25) is 0 Å². The van der Waals surface area contributed by atoms with Crippen molar-refractivity contribution in [3.8, 4) is 5.75 Å². The molecule has 3 aromatic carbocycles. The van der Waals surface area contributed by atoms with E-state index in [1.807, 2.05) is 30.3 Å². The number of rotatable bonds is 6. The molecule has 0 atom stereocenters. The summed E-state index contributed by atoms with van der Waals surface area (Å²) in [6.07, 6.45) is 0.686. The zero-order valence-corrected chi connectivity index (χ0v) is 22.4. The minimum Gasteiger partial charge on any atom is -0.483 e. The Hall–Kier alpha value is -2.47. The zero-order chi connectivity index (χ0) is 24.3. The Balaban J connectivity index is 1.33. The van der Waals surface area contributed by atoms with E-state index >= 15 is 0 Å². The quantitative estimate of drug-likeness (QED) is 0.381. The van der Waals surface area contributed by atoms with Gasteiger partial charge >= 0.3 is 0 Å². The molecule has 0 unspecified atom stereocenters. The summed E-state index contributed by atoms with van der Waals surface area (Å²) in [5.74, 6) is 0.0915.